The molecule has 388 valence electrons. The zero-order valence-corrected chi connectivity index (χ0v) is 36.1. The normalized spacial score (nSPS) is 13.5. The smallest absolute Gasteiger partial charge is 0.194 e. The van der Waals surface area contributed by atoms with Gasteiger partial charge >= 0.3 is 49.4 Å². The van der Waals surface area contributed by atoms with Crippen LogP contribution in [-0.4, -0.2) is 6.15 Å². The van der Waals surface area contributed by atoms with Gasteiger partial charge < -0.3 is 0 Å². The minimum absolute atomic E-state index is 0.645. The highest BCUT2D eigenvalue weighted by Crippen LogP contribution is 2.41. The van der Waals surface area contributed by atoms with Gasteiger partial charge in [-0.2, -0.15) is 132 Å². The highest BCUT2D eigenvalue weighted by atomic mass is 35.5. The zero-order valence-electron chi connectivity index (χ0n) is 34.6. The van der Waals surface area contributed by atoms with Gasteiger partial charge in [-0.25, -0.2) is 0 Å². The molecule has 0 aliphatic carbocycles. The molecule has 72 heavy (non-hydrogen) atoms. The summed E-state index contributed by atoms with van der Waals surface area (Å²) in [5.74, 6) is 0. The molecule has 0 aliphatic rings. The first-order valence-electron chi connectivity index (χ1n) is 19.3. The highest BCUT2D eigenvalue weighted by molar-refractivity contribution is 7.20. The van der Waals surface area contributed by atoms with E-state index in [1.165, 1.54) is 5.56 Å². The lowest BCUT2D eigenvalue weighted by atomic mass is 9.12. The van der Waals surface area contributed by atoms with Crippen molar-refractivity contribution in [2.24, 2.45) is 0 Å². The lowest BCUT2D eigenvalue weighted by molar-refractivity contribution is -0.686. The largest absolute Gasteiger partial charge is 0.416 e. The van der Waals surface area contributed by atoms with Crippen LogP contribution >= 0.6 is 23.2 Å². The Labute approximate surface area is 398 Å². The van der Waals surface area contributed by atoms with Gasteiger partial charge in [-0.15, -0.1) is 0 Å². The Balaban J connectivity index is 0.000000542. The van der Waals surface area contributed by atoms with Crippen LogP contribution in [0.4, 0.5) is 105 Å². The van der Waals surface area contributed by atoms with Gasteiger partial charge in [-0.3, -0.25) is 0 Å². The summed E-state index contributed by atoms with van der Waals surface area (Å²) in [7, 11) is 0. The van der Waals surface area contributed by atoms with Gasteiger partial charge in [0.1, 0.15) is 6.15 Å². The minimum atomic E-state index is -6.13. The predicted octanol–water partition coefficient (Wildman–Crippen LogP) is 14.5. The number of aromatic nitrogens is 1. The fourth-order valence-corrected chi connectivity index (χ4v) is 7.91. The first-order valence-corrected chi connectivity index (χ1v) is 20.0. The molecule has 5 aromatic carbocycles. The summed E-state index contributed by atoms with van der Waals surface area (Å²) in [5, 5.41) is 1.30. The van der Waals surface area contributed by atoms with Crippen molar-refractivity contribution in [3.05, 3.63) is 182 Å². The van der Waals surface area contributed by atoms with Crippen LogP contribution in [0.2, 0.25) is 10.2 Å². The number of alkyl halides is 24. The Bertz CT molecular complexity index is 2470. The molecule has 0 amide bonds. The maximum absolute atomic E-state index is 14.2. The second-order valence-electron chi connectivity index (χ2n) is 15.5. The van der Waals surface area contributed by atoms with Crippen LogP contribution in [0.3, 0.4) is 0 Å². The van der Waals surface area contributed by atoms with E-state index in [1.54, 1.807) is 6.07 Å². The third kappa shape index (κ3) is 13.2. The fourth-order valence-electron chi connectivity index (χ4n) is 7.46. The summed E-state index contributed by atoms with van der Waals surface area (Å²) in [6.45, 7) is 0.761. The molecule has 0 aliphatic heterocycles. The monoisotopic (exact) mass is 1100 g/mol. The fraction of sp³-hybridized carbons (Fsp3) is 0.205. The number of rotatable bonds is 6. The number of nitrogens with zero attached hydrogens (tertiary/aromatic N) is 1. The van der Waals surface area contributed by atoms with Crippen molar-refractivity contribution >= 4 is 51.2 Å². The van der Waals surface area contributed by atoms with Gasteiger partial charge in [-0.05, 0) is 35.9 Å². The average Bonchev–Trinajstić information content (AvgIpc) is 3.23. The molecule has 1 heterocycles. The third-order valence-electron chi connectivity index (χ3n) is 10.6. The Morgan fingerprint density at radius 3 is 0.764 bits per heavy atom. The van der Waals surface area contributed by atoms with E-state index in [1.807, 2.05) is 35.0 Å². The van der Waals surface area contributed by atoms with Crippen LogP contribution in [0, 0.1) is 0 Å². The molecule has 6 rings (SSSR count). The predicted molar refractivity (Wildman–Crippen MR) is 212 cm³/mol. The van der Waals surface area contributed by atoms with Gasteiger partial charge in [-0.1, -0.05) is 90.5 Å². The molecule has 0 unspecified atom stereocenters. The maximum Gasteiger partial charge on any atom is 0.416 e. The van der Waals surface area contributed by atoms with Crippen molar-refractivity contribution in [1.29, 1.82) is 0 Å². The molecular formula is C44H22BCl2F24N. The van der Waals surface area contributed by atoms with Crippen molar-refractivity contribution in [1.82, 2.24) is 0 Å². The second kappa shape index (κ2) is 19.6. The second-order valence-corrected chi connectivity index (χ2v) is 16.3. The molecular weight excluding hydrogens is 1080 g/mol. The van der Waals surface area contributed by atoms with Gasteiger partial charge in [0.05, 0.1) is 49.5 Å². The quantitative estimate of drug-likeness (QED) is 0.0677. The topological polar surface area (TPSA) is 3.88 Å². The first kappa shape index (κ1) is 57.1. The molecule has 0 radical (unpaired) electrons. The first-order chi connectivity index (χ1) is 32.5. The maximum atomic E-state index is 14.2. The van der Waals surface area contributed by atoms with Crippen molar-refractivity contribution in [2.75, 3.05) is 0 Å². The van der Waals surface area contributed by atoms with Gasteiger partial charge in [0, 0.05) is 17.7 Å². The van der Waals surface area contributed by atoms with Gasteiger partial charge in [0.2, 0.25) is 0 Å². The Morgan fingerprint density at radius 2 is 0.556 bits per heavy atom. The molecule has 28 heteroatoms. The number of hydrogen-bond donors (Lipinski definition) is 0. The van der Waals surface area contributed by atoms with Crippen LogP contribution in [0.15, 0.2) is 121 Å². The minimum Gasteiger partial charge on any atom is -0.194 e. The van der Waals surface area contributed by atoms with Crippen LogP contribution < -0.4 is 26.4 Å². The van der Waals surface area contributed by atoms with E-state index in [4.69, 9.17) is 23.2 Å². The van der Waals surface area contributed by atoms with E-state index in [9.17, 15) is 105 Å². The molecule has 0 fully saturated rings. The molecule has 0 bridgehead atoms. The Hall–Kier alpha value is -5.79. The van der Waals surface area contributed by atoms with Crippen molar-refractivity contribution < 1.29 is 110 Å². The van der Waals surface area contributed by atoms with E-state index in [-0.39, 0.29) is 0 Å². The molecule has 0 atom stereocenters. The molecule has 6 aromatic rings. The molecule has 0 saturated heterocycles. The number of pyridine rings is 1. The summed E-state index contributed by atoms with van der Waals surface area (Å²) in [6.07, 6.45) is -52.9. The number of halogens is 26. The van der Waals surface area contributed by atoms with Crippen molar-refractivity contribution in [2.45, 2.75) is 56.0 Å². The summed E-state index contributed by atoms with van der Waals surface area (Å²) in [6, 6.07) is 4.92. The summed E-state index contributed by atoms with van der Waals surface area (Å²) < 4.78 is 343. The SMILES string of the molecule is Clc1cc[n+](Cc2ccccc2)c(Cl)c1.FC(F)(F)c1cc([B-](c2cc(C(F)(F)F)cc(C(F)(F)F)c2)(c2cc(C(F)(F)F)cc(C(F)(F)F)c2)c2cc(C(F)(F)F)cc(C(F)(F)F)c2)cc(C(F)(F)F)c1. The lowest BCUT2D eigenvalue weighted by Gasteiger charge is -2.46. The van der Waals surface area contributed by atoms with Crippen molar-refractivity contribution in [3.63, 3.8) is 0 Å². The zero-order chi connectivity index (χ0) is 54.6. The standard InChI is InChI=1S/C32H12BF24.C12H10Cl2N/c34-25(35,36)13-1-14(26(37,38)39)6-21(5-13)33(22-7-15(27(40,41)42)2-16(8-22)28(43,44)45,23-9-17(29(46,47)48)3-18(10-23)30(49,50)51)24-11-19(31(52,53)54)4-20(12-24)32(55,56)57;13-11-6-7-15(12(14)8-11)9-10-4-2-1-3-5-10/h1-12H;1-8H,9H2/q-1;+1. The molecule has 1 aromatic heterocycles. The Kier molecular flexibility index (Phi) is 15.5. The molecule has 1 nitrogen and oxygen atoms in total. The lowest BCUT2D eigenvalue weighted by Crippen LogP contribution is -2.75. The summed E-state index contributed by atoms with van der Waals surface area (Å²) in [5.41, 5.74) is -29.0. The van der Waals surface area contributed by atoms with Crippen LogP contribution in [0.25, 0.3) is 0 Å². The number of benzene rings is 5. The molecule has 0 spiro atoms. The molecule has 0 saturated carbocycles. The van der Waals surface area contributed by atoms with E-state index < -0.39 is 195 Å². The van der Waals surface area contributed by atoms with Crippen molar-refractivity contribution in [3.8, 4) is 0 Å². The highest BCUT2D eigenvalue weighted by Gasteiger charge is 2.47. The van der Waals surface area contributed by atoms with Gasteiger partial charge in [0.15, 0.2) is 12.7 Å². The van der Waals surface area contributed by atoms with Crippen LogP contribution in [0.1, 0.15) is 50.1 Å². The van der Waals surface area contributed by atoms with Crippen LogP contribution in [-0.2, 0) is 56.0 Å². The van der Waals surface area contributed by atoms with E-state index in [2.05, 4.69) is 12.1 Å². The third-order valence-corrected chi connectivity index (χ3v) is 11.1. The molecule has 0 N–H and O–H groups in total. The summed E-state index contributed by atoms with van der Waals surface area (Å²) >= 11 is 11.9. The summed E-state index contributed by atoms with van der Waals surface area (Å²) in [4.78, 5) is 0. The Morgan fingerprint density at radius 1 is 0.319 bits per heavy atom. The average molecular weight is 1100 g/mol. The van der Waals surface area contributed by atoms with Gasteiger partial charge in [0.25, 0.3) is 5.15 Å². The van der Waals surface area contributed by atoms with Crippen LogP contribution in [0.5, 0.6) is 0 Å². The van der Waals surface area contributed by atoms with E-state index in [0.717, 1.165) is 6.54 Å². The number of hydrogen-bond acceptors (Lipinski definition) is 0. The van der Waals surface area contributed by atoms with E-state index >= 15 is 0 Å². The van der Waals surface area contributed by atoms with E-state index in [0.29, 0.717) is 10.2 Å².